The number of benzene rings is 1. The Labute approximate surface area is 109 Å². The minimum absolute atomic E-state index is 0.00641. The van der Waals surface area contributed by atoms with E-state index in [0.29, 0.717) is 5.22 Å². The Balaban J connectivity index is 2.20. The van der Waals surface area contributed by atoms with Crippen molar-refractivity contribution in [1.82, 2.24) is 4.98 Å². The van der Waals surface area contributed by atoms with Gasteiger partial charge in [-0.05, 0) is 24.6 Å². The monoisotopic (exact) mass is 268 g/mol. The molecule has 2 aromatic rings. The first kappa shape index (κ1) is 12.5. The first-order valence-corrected chi connectivity index (χ1v) is 6.50. The lowest BCUT2D eigenvalue weighted by Crippen LogP contribution is -2.22. The van der Waals surface area contributed by atoms with E-state index in [2.05, 4.69) is 4.98 Å². The maximum atomic E-state index is 6.00. The van der Waals surface area contributed by atoms with Gasteiger partial charge in [0.1, 0.15) is 6.26 Å². The zero-order valence-electron chi connectivity index (χ0n) is 9.34. The lowest BCUT2D eigenvalue weighted by atomic mass is 10.1. The molecular formula is C12H13ClN2OS. The molecule has 5 heteroatoms. The number of aromatic nitrogens is 1. The first-order valence-electron chi connectivity index (χ1n) is 5.24. The molecule has 0 saturated carbocycles. The lowest BCUT2D eigenvalue weighted by molar-refractivity contribution is 0.452. The van der Waals surface area contributed by atoms with Crippen LogP contribution in [-0.4, -0.2) is 11.0 Å². The third-order valence-corrected chi connectivity index (χ3v) is 3.92. The lowest BCUT2D eigenvalue weighted by Gasteiger charge is -2.18. The highest BCUT2D eigenvalue weighted by Crippen LogP contribution is 2.36. The summed E-state index contributed by atoms with van der Waals surface area (Å²) in [7, 11) is 0. The number of thioether (sulfide) groups is 1. The van der Waals surface area contributed by atoms with E-state index in [1.807, 2.05) is 31.2 Å². The molecule has 0 aliphatic carbocycles. The van der Waals surface area contributed by atoms with Gasteiger partial charge < -0.3 is 10.2 Å². The second kappa shape index (κ2) is 5.58. The minimum atomic E-state index is -0.00641. The maximum Gasteiger partial charge on any atom is 0.256 e. The van der Waals surface area contributed by atoms with Crippen molar-refractivity contribution in [2.24, 2.45) is 5.73 Å². The fraction of sp³-hybridized carbons (Fsp3) is 0.250. The van der Waals surface area contributed by atoms with E-state index in [1.165, 1.54) is 11.8 Å². The van der Waals surface area contributed by atoms with Gasteiger partial charge in [0.25, 0.3) is 5.22 Å². The molecule has 2 atom stereocenters. The van der Waals surface area contributed by atoms with Crippen LogP contribution in [0.15, 0.2) is 46.4 Å². The molecule has 0 saturated heterocycles. The van der Waals surface area contributed by atoms with E-state index in [4.69, 9.17) is 21.8 Å². The van der Waals surface area contributed by atoms with E-state index in [0.717, 1.165) is 10.6 Å². The average molecular weight is 269 g/mol. The van der Waals surface area contributed by atoms with E-state index < -0.39 is 0 Å². The van der Waals surface area contributed by atoms with Gasteiger partial charge in [0, 0.05) is 11.1 Å². The molecule has 0 spiro atoms. The van der Waals surface area contributed by atoms with Crippen molar-refractivity contribution in [2.45, 2.75) is 23.4 Å². The second-order valence-corrected chi connectivity index (χ2v) is 5.28. The van der Waals surface area contributed by atoms with Crippen LogP contribution in [-0.2, 0) is 0 Å². The zero-order chi connectivity index (χ0) is 12.3. The predicted octanol–water partition coefficient (Wildman–Crippen LogP) is 3.51. The summed E-state index contributed by atoms with van der Waals surface area (Å²) in [4.78, 5) is 4.10. The third kappa shape index (κ3) is 3.25. The van der Waals surface area contributed by atoms with Crippen LogP contribution in [0.4, 0.5) is 0 Å². The summed E-state index contributed by atoms with van der Waals surface area (Å²) in [5, 5.41) is 1.45. The van der Waals surface area contributed by atoms with Gasteiger partial charge in [0.05, 0.1) is 11.4 Å². The number of nitrogens with two attached hydrogens (primary N) is 1. The van der Waals surface area contributed by atoms with Crippen molar-refractivity contribution >= 4 is 23.4 Å². The van der Waals surface area contributed by atoms with Gasteiger partial charge in [-0.25, -0.2) is 4.98 Å². The highest BCUT2D eigenvalue weighted by atomic mass is 35.5. The summed E-state index contributed by atoms with van der Waals surface area (Å²) < 4.78 is 5.23. The van der Waals surface area contributed by atoms with E-state index in [1.54, 1.807) is 12.5 Å². The summed E-state index contributed by atoms with van der Waals surface area (Å²) in [6.07, 6.45) is 3.19. The molecule has 0 aliphatic heterocycles. The number of nitrogens with zero attached hydrogens (tertiary/aromatic N) is 1. The van der Waals surface area contributed by atoms with E-state index >= 15 is 0 Å². The Morgan fingerprint density at radius 3 is 2.59 bits per heavy atom. The Morgan fingerprint density at radius 2 is 2.06 bits per heavy atom. The second-order valence-electron chi connectivity index (χ2n) is 3.75. The Hall–Kier alpha value is -0.970. The van der Waals surface area contributed by atoms with Crippen molar-refractivity contribution in [3.05, 3.63) is 47.3 Å². The van der Waals surface area contributed by atoms with Gasteiger partial charge in [-0.15, -0.1) is 0 Å². The van der Waals surface area contributed by atoms with Crippen LogP contribution in [0.5, 0.6) is 0 Å². The quantitative estimate of drug-likeness (QED) is 0.862. The molecule has 1 aromatic carbocycles. The summed E-state index contributed by atoms with van der Waals surface area (Å²) in [6.45, 7) is 1.97. The molecule has 0 fully saturated rings. The number of hydrogen-bond acceptors (Lipinski definition) is 4. The van der Waals surface area contributed by atoms with Gasteiger partial charge in [-0.2, -0.15) is 0 Å². The SMILES string of the molecule is CC(N)C(Sc1ncco1)c1ccc(Cl)cc1. The van der Waals surface area contributed by atoms with Crippen molar-refractivity contribution in [3.8, 4) is 0 Å². The molecule has 3 nitrogen and oxygen atoms in total. The van der Waals surface area contributed by atoms with Crippen LogP contribution in [0.1, 0.15) is 17.7 Å². The number of oxazole rings is 1. The van der Waals surface area contributed by atoms with Gasteiger partial charge in [-0.1, -0.05) is 35.5 Å². The van der Waals surface area contributed by atoms with Crippen LogP contribution in [0.2, 0.25) is 5.02 Å². The van der Waals surface area contributed by atoms with Gasteiger partial charge in [0.2, 0.25) is 0 Å². The smallest absolute Gasteiger partial charge is 0.256 e. The van der Waals surface area contributed by atoms with Crippen LogP contribution in [0.25, 0.3) is 0 Å². The standard InChI is InChI=1S/C12H13ClN2OS/c1-8(14)11(17-12-15-6-7-16-12)9-2-4-10(13)5-3-9/h2-8,11H,14H2,1H3. The predicted molar refractivity (Wildman–Crippen MR) is 70.2 cm³/mol. The highest BCUT2D eigenvalue weighted by Gasteiger charge is 2.19. The molecule has 2 unspecified atom stereocenters. The summed E-state index contributed by atoms with van der Waals surface area (Å²) in [5.74, 6) is 0. The summed E-state index contributed by atoms with van der Waals surface area (Å²) in [6, 6.07) is 7.68. The van der Waals surface area contributed by atoms with Crippen LogP contribution >= 0.6 is 23.4 Å². The fourth-order valence-electron chi connectivity index (χ4n) is 1.51. The van der Waals surface area contributed by atoms with E-state index in [9.17, 15) is 0 Å². The largest absolute Gasteiger partial charge is 0.440 e. The molecule has 1 heterocycles. The summed E-state index contributed by atoms with van der Waals surface area (Å²) in [5.41, 5.74) is 7.12. The average Bonchev–Trinajstić information content (AvgIpc) is 2.80. The molecule has 2 N–H and O–H groups in total. The Kier molecular flexibility index (Phi) is 4.10. The van der Waals surface area contributed by atoms with Crippen molar-refractivity contribution in [1.29, 1.82) is 0 Å². The fourth-order valence-corrected chi connectivity index (χ4v) is 2.59. The highest BCUT2D eigenvalue weighted by molar-refractivity contribution is 7.99. The number of hydrogen-bond donors (Lipinski definition) is 1. The van der Waals surface area contributed by atoms with Crippen molar-refractivity contribution in [2.75, 3.05) is 0 Å². The molecule has 0 bridgehead atoms. The topological polar surface area (TPSA) is 52.0 Å². The van der Waals surface area contributed by atoms with Gasteiger partial charge in [0.15, 0.2) is 0 Å². The normalized spacial score (nSPS) is 14.5. The first-order chi connectivity index (χ1) is 8.16. The number of halogens is 1. The Bertz CT molecular complexity index is 456. The molecule has 17 heavy (non-hydrogen) atoms. The number of rotatable bonds is 4. The molecule has 90 valence electrons. The Morgan fingerprint density at radius 1 is 1.35 bits per heavy atom. The van der Waals surface area contributed by atoms with Crippen molar-refractivity contribution in [3.63, 3.8) is 0 Å². The molecule has 0 amide bonds. The molecule has 0 radical (unpaired) electrons. The molecule has 1 aromatic heterocycles. The third-order valence-electron chi connectivity index (χ3n) is 2.31. The summed E-state index contributed by atoms with van der Waals surface area (Å²) >= 11 is 7.39. The van der Waals surface area contributed by atoms with Crippen molar-refractivity contribution < 1.29 is 4.42 Å². The maximum absolute atomic E-state index is 6.00. The van der Waals surface area contributed by atoms with Gasteiger partial charge in [-0.3, -0.25) is 0 Å². The zero-order valence-corrected chi connectivity index (χ0v) is 10.9. The van der Waals surface area contributed by atoms with Gasteiger partial charge >= 0.3 is 0 Å². The van der Waals surface area contributed by atoms with Crippen LogP contribution in [0.3, 0.4) is 0 Å². The van der Waals surface area contributed by atoms with Crippen LogP contribution in [0, 0.1) is 0 Å². The molecule has 0 aliphatic rings. The van der Waals surface area contributed by atoms with E-state index in [-0.39, 0.29) is 11.3 Å². The molecule has 2 rings (SSSR count). The van der Waals surface area contributed by atoms with Crippen LogP contribution < -0.4 is 5.73 Å². The minimum Gasteiger partial charge on any atom is -0.440 e. The molecular weight excluding hydrogens is 256 g/mol.